The van der Waals surface area contributed by atoms with Crippen molar-refractivity contribution in [2.24, 2.45) is 0 Å². The lowest BCUT2D eigenvalue weighted by Crippen LogP contribution is -2.46. The molecule has 1 aromatic carbocycles. The van der Waals surface area contributed by atoms with Gasteiger partial charge in [0.15, 0.2) is 5.16 Å². The third-order valence-electron chi connectivity index (χ3n) is 6.52. The number of aromatic nitrogens is 3. The van der Waals surface area contributed by atoms with Crippen molar-refractivity contribution in [1.82, 2.24) is 25.0 Å². The number of aryl methyl sites for hydroxylation is 1. The van der Waals surface area contributed by atoms with Gasteiger partial charge in [-0.1, -0.05) is 54.9 Å². The molecular weight excluding hydrogens is 422 g/mol. The summed E-state index contributed by atoms with van der Waals surface area (Å²) in [5.74, 6) is 0.976. The minimum absolute atomic E-state index is 0.0644. The van der Waals surface area contributed by atoms with Gasteiger partial charge in [-0.3, -0.25) is 9.59 Å². The summed E-state index contributed by atoms with van der Waals surface area (Å²) < 4.78 is 2.32. The largest absolute Gasteiger partial charge is 0.354 e. The summed E-state index contributed by atoms with van der Waals surface area (Å²) in [5, 5.41) is 12.9. The lowest BCUT2D eigenvalue weighted by Gasteiger charge is -2.34. The van der Waals surface area contributed by atoms with Crippen LogP contribution in [0.1, 0.15) is 74.8 Å². The van der Waals surface area contributed by atoms with Gasteiger partial charge < -0.3 is 14.8 Å². The highest BCUT2D eigenvalue weighted by molar-refractivity contribution is 7.98. The number of thioether (sulfide) groups is 1. The molecule has 172 valence electrons. The van der Waals surface area contributed by atoms with Crippen molar-refractivity contribution < 1.29 is 9.59 Å². The van der Waals surface area contributed by atoms with Crippen LogP contribution in [0.2, 0.25) is 0 Å². The molecule has 0 radical (unpaired) electrons. The van der Waals surface area contributed by atoms with Crippen molar-refractivity contribution in [3.63, 3.8) is 0 Å². The number of likely N-dealkylation sites (tertiary alicyclic amines) is 1. The van der Waals surface area contributed by atoms with E-state index in [1.54, 1.807) is 16.7 Å². The maximum Gasteiger partial charge on any atom is 0.247 e. The van der Waals surface area contributed by atoms with E-state index in [1.165, 1.54) is 25.7 Å². The normalized spacial score (nSPS) is 18.2. The molecule has 1 aliphatic heterocycles. The number of nitrogens with zero attached hydrogens (tertiary/aromatic N) is 4. The topological polar surface area (TPSA) is 80.1 Å². The van der Waals surface area contributed by atoms with Crippen molar-refractivity contribution in [3.05, 3.63) is 41.7 Å². The highest BCUT2D eigenvalue weighted by Crippen LogP contribution is 2.33. The van der Waals surface area contributed by atoms with Gasteiger partial charge >= 0.3 is 0 Å². The van der Waals surface area contributed by atoms with Gasteiger partial charge in [0.25, 0.3) is 0 Å². The van der Waals surface area contributed by atoms with Crippen LogP contribution in [0.3, 0.4) is 0 Å². The molecule has 1 unspecified atom stereocenters. The third kappa shape index (κ3) is 5.17. The first kappa shape index (κ1) is 22.8. The number of rotatable bonds is 9. The smallest absolute Gasteiger partial charge is 0.247 e. The Bertz CT molecular complexity index is 910. The van der Waals surface area contributed by atoms with Crippen LogP contribution in [0.15, 0.2) is 35.5 Å². The van der Waals surface area contributed by atoms with E-state index in [2.05, 4.69) is 20.1 Å². The molecule has 1 saturated carbocycles. The summed E-state index contributed by atoms with van der Waals surface area (Å²) in [4.78, 5) is 27.5. The van der Waals surface area contributed by atoms with Crippen molar-refractivity contribution in [3.8, 4) is 0 Å². The van der Waals surface area contributed by atoms with E-state index in [-0.39, 0.29) is 11.8 Å². The van der Waals surface area contributed by atoms with Crippen LogP contribution in [0, 0.1) is 0 Å². The lowest BCUT2D eigenvalue weighted by molar-refractivity contribution is -0.142. The third-order valence-corrected chi connectivity index (χ3v) is 7.16. The van der Waals surface area contributed by atoms with Crippen LogP contribution in [-0.4, -0.2) is 50.8 Å². The second-order valence-corrected chi connectivity index (χ2v) is 9.44. The molecule has 2 aliphatic rings. The molecule has 7 nitrogen and oxygen atoms in total. The van der Waals surface area contributed by atoms with Crippen molar-refractivity contribution in [2.45, 2.75) is 75.0 Å². The number of carbonyl (C=O) groups excluding carboxylic acids is 2. The average molecular weight is 456 g/mol. The number of amides is 2. The fraction of sp³-hybridized carbons (Fsp3) is 0.583. The number of benzene rings is 1. The zero-order chi connectivity index (χ0) is 22.3. The summed E-state index contributed by atoms with van der Waals surface area (Å²) in [6.07, 6.45) is 10.9. The van der Waals surface area contributed by atoms with Gasteiger partial charge in [0.1, 0.15) is 11.9 Å². The molecular formula is C24H33N5O2S. The van der Waals surface area contributed by atoms with Gasteiger partial charge in [-0.15, -0.1) is 10.2 Å². The first-order chi connectivity index (χ1) is 15.7. The van der Waals surface area contributed by atoms with E-state index < -0.39 is 6.04 Å². The lowest BCUT2D eigenvalue weighted by atomic mass is 10.0. The highest BCUT2D eigenvalue weighted by Gasteiger charge is 2.32. The Labute approximate surface area is 194 Å². The molecule has 0 bridgehead atoms. The quantitative estimate of drug-likeness (QED) is 0.458. The summed E-state index contributed by atoms with van der Waals surface area (Å²) in [7, 11) is 0. The Morgan fingerprint density at radius 1 is 1.16 bits per heavy atom. The Hall–Kier alpha value is -2.35. The number of carbonyl (C=O) groups is 2. The van der Waals surface area contributed by atoms with Crippen LogP contribution < -0.4 is 5.32 Å². The van der Waals surface area contributed by atoms with Gasteiger partial charge in [0.2, 0.25) is 11.8 Å². The van der Waals surface area contributed by atoms with Crippen molar-refractivity contribution in [1.29, 1.82) is 0 Å². The number of nitrogens with one attached hydrogen (secondary N) is 1. The second-order valence-electron chi connectivity index (χ2n) is 8.66. The van der Waals surface area contributed by atoms with E-state index in [4.69, 9.17) is 0 Å². The van der Waals surface area contributed by atoms with E-state index in [0.717, 1.165) is 42.2 Å². The summed E-state index contributed by atoms with van der Waals surface area (Å²) in [6, 6.07) is 9.57. The molecule has 1 N–H and O–H groups in total. The molecule has 1 aliphatic carbocycles. The molecule has 2 aromatic rings. The fourth-order valence-electron chi connectivity index (χ4n) is 4.91. The van der Waals surface area contributed by atoms with Gasteiger partial charge in [0.05, 0.1) is 0 Å². The SMILES string of the molecule is CSc1nnc(CCCNC(=O)C(c2ccccc2)N2CCCCC2=O)n1C1CCCC1. The molecule has 1 atom stereocenters. The van der Waals surface area contributed by atoms with Crippen LogP contribution >= 0.6 is 11.8 Å². The predicted molar refractivity (Wildman–Crippen MR) is 125 cm³/mol. The predicted octanol–water partition coefficient (Wildman–Crippen LogP) is 3.92. The molecule has 2 heterocycles. The Balaban J connectivity index is 1.38. The first-order valence-electron chi connectivity index (χ1n) is 11.8. The van der Waals surface area contributed by atoms with Crippen molar-refractivity contribution >= 4 is 23.6 Å². The molecule has 8 heteroatoms. The van der Waals surface area contributed by atoms with E-state index >= 15 is 0 Å². The molecule has 2 amide bonds. The van der Waals surface area contributed by atoms with Crippen LogP contribution in [0.4, 0.5) is 0 Å². The molecule has 0 spiro atoms. The Morgan fingerprint density at radius 3 is 2.66 bits per heavy atom. The Kier molecular flexibility index (Phi) is 7.84. The van der Waals surface area contributed by atoms with Gasteiger partial charge in [0, 0.05) is 32.0 Å². The van der Waals surface area contributed by atoms with Crippen LogP contribution in [-0.2, 0) is 16.0 Å². The zero-order valence-electron chi connectivity index (χ0n) is 18.8. The summed E-state index contributed by atoms with van der Waals surface area (Å²) >= 11 is 1.65. The van der Waals surface area contributed by atoms with E-state index in [1.807, 2.05) is 36.6 Å². The van der Waals surface area contributed by atoms with Gasteiger partial charge in [-0.2, -0.15) is 0 Å². The standard InChI is InChI=1S/C24H33N5O2S/c1-32-24-27-26-20(29(24)19-12-5-6-13-19)14-9-16-25-23(31)22(18-10-3-2-4-11-18)28-17-8-7-15-21(28)30/h2-4,10-11,19,22H,5-9,12-17H2,1H3,(H,25,31). The summed E-state index contributed by atoms with van der Waals surface area (Å²) in [6.45, 7) is 1.18. The monoisotopic (exact) mass is 455 g/mol. The van der Waals surface area contributed by atoms with Gasteiger partial charge in [-0.25, -0.2) is 0 Å². The van der Waals surface area contributed by atoms with Gasteiger partial charge in [-0.05, 0) is 43.9 Å². The fourth-order valence-corrected chi connectivity index (χ4v) is 5.48. The molecule has 32 heavy (non-hydrogen) atoms. The molecule has 2 fully saturated rings. The minimum atomic E-state index is -0.561. The minimum Gasteiger partial charge on any atom is -0.354 e. The average Bonchev–Trinajstić information content (AvgIpc) is 3.48. The number of hydrogen-bond donors (Lipinski definition) is 1. The van der Waals surface area contributed by atoms with E-state index in [0.29, 0.717) is 25.6 Å². The Morgan fingerprint density at radius 2 is 1.94 bits per heavy atom. The first-order valence-corrected chi connectivity index (χ1v) is 13.0. The summed E-state index contributed by atoms with van der Waals surface area (Å²) in [5.41, 5.74) is 0.867. The van der Waals surface area contributed by atoms with Crippen LogP contribution in [0.25, 0.3) is 0 Å². The van der Waals surface area contributed by atoms with E-state index in [9.17, 15) is 9.59 Å². The van der Waals surface area contributed by atoms with Crippen LogP contribution in [0.5, 0.6) is 0 Å². The molecule has 4 rings (SSSR count). The maximum atomic E-state index is 13.2. The molecule has 1 aromatic heterocycles. The number of hydrogen-bond acceptors (Lipinski definition) is 5. The molecule has 1 saturated heterocycles. The number of piperidine rings is 1. The second kappa shape index (κ2) is 11.0. The zero-order valence-corrected chi connectivity index (χ0v) is 19.6. The maximum absolute atomic E-state index is 13.2. The highest BCUT2D eigenvalue weighted by atomic mass is 32.2. The van der Waals surface area contributed by atoms with Crippen molar-refractivity contribution in [2.75, 3.05) is 19.3 Å².